The highest BCUT2D eigenvalue weighted by Gasteiger charge is 2.47. The number of carbonyl (C=O) groups is 2. The second-order valence-corrected chi connectivity index (χ2v) is 7.87. The fourth-order valence-electron chi connectivity index (χ4n) is 3.87. The van der Waals surface area contributed by atoms with Crippen LogP contribution in [-0.2, 0) is 4.79 Å². The maximum absolute atomic E-state index is 13.0. The van der Waals surface area contributed by atoms with Gasteiger partial charge in [0.1, 0.15) is 43.7 Å². The monoisotopic (exact) mass is 436 g/mol. The van der Waals surface area contributed by atoms with Gasteiger partial charge >= 0.3 is 6.03 Å². The Balaban J connectivity index is 0.00000131. The molecule has 3 saturated heterocycles. The Bertz CT molecular complexity index is 651. The first-order chi connectivity index (χ1) is 12.1. The third-order valence-corrected chi connectivity index (χ3v) is 6.42. The molecule has 0 aliphatic carbocycles. The Labute approximate surface area is 174 Å². The molecule has 1 unspecified atom stereocenters. The van der Waals surface area contributed by atoms with Crippen molar-refractivity contribution < 1.29 is 48.6 Å². The van der Waals surface area contributed by atoms with Gasteiger partial charge in [0.15, 0.2) is 0 Å². The molecule has 1 aromatic carbocycles. The minimum atomic E-state index is -0.229. The number of imide groups is 1. The number of benzene rings is 1. The predicted octanol–water partition coefficient (Wildman–Crippen LogP) is -7.41. The number of carbonyl (C=O) groups excluding carboxylic acids is 2. The molecule has 10 heteroatoms. The highest BCUT2D eigenvalue weighted by atomic mass is 35.5. The van der Waals surface area contributed by atoms with Crippen molar-refractivity contribution >= 4 is 29.4 Å². The molecular formula is C17H23Cl2FN4O2S. The Morgan fingerprint density at radius 2 is 1.74 bits per heavy atom. The number of hydrogen-bond donors (Lipinski definition) is 2. The first-order valence-electron chi connectivity index (χ1n) is 8.77. The lowest BCUT2D eigenvalue weighted by Crippen LogP contribution is -3.26. The van der Waals surface area contributed by atoms with E-state index in [1.54, 1.807) is 16.7 Å². The topological polar surface area (TPSA) is 49.5 Å². The van der Waals surface area contributed by atoms with Crippen LogP contribution in [0, 0.1) is 5.82 Å². The van der Waals surface area contributed by atoms with Crippen molar-refractivity contribution in [1.29, 1.82) is 0 Å². The average Bonchev–Trinajstić information content (AvgIpc) is 3.19. The molecule has 3 aliphatic heterocycles. The number of quaternary nitrogens is 2. The summed E-state index contributed by atoms with van der Waals surface area (Å²) in [6.07, 6.45) is 0. The van der Waals surface area contributed by atoms with E-state index in [1.807, 2.05) is 12.1 Å². The number of amides is 3. The second kappa shape index (κ2) is 9.43. The average molecular weight is 437 g/mol. The van der Waals surface area contributed by atoms with Crippen LogP contribution in [0.15, 0.2) is 24.3 Å². The summed E-state index contributed by atoms with van der Waals surface area (Å²) in [4.78, 5) is 30.6. The van der Waals surface area contributed by atoms with Crippen molar-refractivity contribution in [1.82, 2.24) is 9.80 Å². The lowest BCUT2D eigenvalue weighted by molar-refractivity contribution is -0.986. The van der Waals surface area contributed by atoms with E-state index in [0.717, 1.165) is 44.2 Å². The van der Waals surface area contributed by atoms with Gasteiger partial charge in [0.25, 0.3) is 5.91 Å². The number of hydrogen-bond acceptors (Lipinski definition) is 3. The normalized spacial score (nSPS) is 27.2. The van der Waals surface area contributed by atoms with Gasteiger partial charge in [-0.1, -0.05) is 0 Å². The third kappa shape index (κ3) is 4.51. The molecule has 2 N–H and O–H groups in total. The summed E-state index contributed by atoms with van der Waals surface area (Å²) in [5.41, 5.74) is 1.13. The van der Waals surface area contributed by atoms with E-state index in [-0.39, 0.29) is 48.6 Å². The Hall–Kier alpha value is -1.06. The molecule has 0 aromatic heterocycles. The molecule has 1 aromatic rings. The van der Waals surface area contributed by atoms with E-state index in [1.165, 1.54) is 26.8 Å². The van der Waals surface area contributed by atoms with Crippen LogP contribution < -0.4 is 34.6 Å². The van der Waals surface area contributed by atoms with Crippen molar-refractivity contribution in [3.8, 4) is 0 Å². The number of nitrogens with zero attached hydrogens (tertiary/aromatic N) is 2. The van der Waals surface area contributed by atoms with E-state index in [9.17, 15) is 14.0 Å². The summed E-state index contributed by atoms with van der Waals surface area (Å²) < 4.78 is 13.0. The Kier molecular flexibility index (Phi) is 7.76. The molecule has 4 rings (SSSR count). The van der Waals surface area contributed by atoms with Gasteiger partial charge in [-0.3, -0.25) is 14.6 Å². The van der Waals surface area contributed by atoms with Crippen LogP contribution in [0.1, 0.15) is 0 Å². The first-order valence-corrected chi connectivity index (χ1v) is 9.93. The minimum absolute atomic E-state index is 0. The quantitative estimate of drug-likeness (QED) is 0.461. The van der Waals surface area contributed by atoms with Gasteiger partial charge in [-0.15, -0.1) is 11.8 Å². The summed E-state index contributed by atoms with van der Waals surface area (Å²) in [5.74, 6) is 1.14. The van der Waals surface area contributed by atoms with Crippen LogP contribution in [0.3, 0.4) is 0 Å². The van der Waals surface area contributed by atoms with Gasteiger partial charge in [0.05, 0.1) is 19.0 Å². The van der Waals surface area contributed by atoms with Crippen molar-refractivity contribution in [3.63, 3.8) is 0 Å². The van der Waals surface area contributed by atoms with E-state index < -0.39 is 0 Å². The Morgan fingerprint density at radius 1 is 1.07 bits per heavy atom. The molecule has 27 heavy (non-hydrogen) atoms. The van der Waals surface area contributed by atoms with E-state index in [0.29, 0.717) is 12.4 Å². The standard InChI is InChI=1S/C17H21FN4O2S.2ClH/c18-13-1-3-14(4-2-13)20-8-5-19(6-9-20)7-10-21-16(23)15-11-25-12-22(15)17(21)24;;/h1-4,15H,5-12H2;2*1H. The van der Waals surface area contributed by atoms with Crippen LogP contribution in [0.2, 0.25) is 0 Å². The fourth-order valence-corrected chi connectivity index (χ4v) is 5.01. The number of piperazine rings is 1. The van der Waals surface area contributed by atoms with Gasteiger partial charge < -0.3 is 34.6 Å². The third-order valence-electron chi connectivity index (χ3n) is 5.41. The van der Waals surface area contributed by atoms with Gasteiger partial charge in [0, 0.05) is 17.9 Å². The lowest BCUT2D eigenvalue weighted by atomic mass is 10.2. The van der Waals surface area contributed by atoms with Crippen LogP contribution in [0.25, 0.3) is 0 Å². The minimum Gasteiger partial charge on any atom is -1.00 e. The number of fused-ring (bicyclic) bond motifs is 1. The van der Waals surface area contributed by atoms with E-state index >= 15 is 0 Å². The number of halogens is 3. The first kappa shape index (κ1) is 22.2. The highest BCUT2D eigenvalue weighted by molar-refractivity contribution is 7.99. The van der Waals surface area contributed by atoms with E-state index in [2.05, 4.69) is 0 Å². The van der Waals surface area contributed by atoms with Crippen LogP contribution >= 0.6 is 11.8 Å². The summed E-state index contributed by atoms with van der Waals surface area (Å²) in [5, 5.41) is 0. The molecule has 3 amide bonds. The van der Waals surface area contributed by atoms with Gasteiger partial charge in [0.2, 0.25) is 0 Å². The molecule has 3 heterocycles. The van der Waals surface area contributed by atoms with Crippen molar-refractivity contribution in [2.75, 3.05) is 50.9 Å². The van der Waals surface area contributed by atoms with Crippen molar-refractivity contribution in [2.45, 2.75) is 6.04 Å². The second-order valence-electron chi connectivity index (χ2n) is 6.87. The largest absolute Gasteiger partial charge is 1.00 e. The number of nitrogens with one attached hydrogen (secondary N) is 2. The molecule has 0 radical (unpaired) electrons. The van der Waals surface area contributed by atoms with Crippen LogP contribution in [-0.4, -0.2) is 78.7 Å². The number of rotatable bonds is 4. The SMILES string of the molecule is O=C1C2CSCN2C(=O)N1CC[NH+]1CC[NH+](c2ccc(F)cc2)CC1.[Cl-].[Cl-]. The molecule has 6 nitrogen and oxygen atoms in total. The van der Waals surface area contributed by atoms with Crippen molar-refractivity contribution in [2.24, 2.45) is 0 Å². The summed E-state index contributed by atoms with van der Waals surface area (Å²) in [6.45, 7) is 5.26. The maximum Gasteiger partial charge on any atom is 0.328 e. The summed E-state index contributed by atoms with van der Waals surface area (Å²) >= 11 is 1.65. The molecular weight excluding hydrogens is 414 g/mol. The molecule has 150 valence electrons. The highest BCUT2D eigenvalue weighted by Crippen LogP contribution is 2.28. The van der Waals surface area contributed by atoms with Gasteiger partial charge in [-0.05, 0) is 12.1 Å². The van der Waals surface area contributed by atoms with Gasteiger partial charge in [-0.2, -0.15) is 0 Å². The molecule has 0 saturated carbocycles. The number of thioether (sulfide) groups is 1. The van der Waals surface area contributed by atoms with Crippen LogP contribution in [0.4, 0.5) is 14.9 Å². The molecule has 1 atom stereocenters. The molecule has 0 spiro atoms. The zero-order valence-electron chi connectivity index (χ0n) is 14.8. The van der Waals surface area contributed by atoms with Crippen molar-refractivity contribution in [3.05, 3.63) is 30.1 Å². The zero-order chi connectivity index (χ0) is 17.4. The maximum atomic E-state index is 13.0. The lowest BCUT2D eigenvalue weighted by Gasteiger charge is -2.30. The smallest absolute Gasteiger partial charge is 0.328 e. The van der Waals surface area contributed by atoms with Gasteiger partial charge in [-0.25, -0.2) is 9.18 Å². The molecule has 3 aliphatic rings. The molecule has 0 bridgehead atoms. The predicted molar refractivity (Wildman–Crippen MR) is 92.4 cm³/mol. The zero-order valence-corrected chi connectivity index (χ0v) is 17.1. The number of urea groups is 1. The summed E-state index contributed by atoms with van der Waals surface area (Å²) in [7, 11) is 0. The van der Waals surface area contributed by atoms with E-state index in [4.69, 9.17) is 0 Å². The van der Waals surface area contributed by atoms with Crippen LogP contribution in [0.5, 0.6) is 0 Å². The summed E-state index contributed by atoms with van der Waals surface area (Å²) in [6, 6.07) is 6.38. The Morgan fingerprint density at radius 3 is 2.37 bits per heavy atom. The fraction of sp³-hybridized carbons (Fsp3) is 0.529. The molecule has 3 fully saturated rings.